The molecule has 0 fully saturated rings. The third kappa shape index (κ3) is 4.14. The maximum Gasteiger partial charge on any atom is 0.337 e. The van der Waals surface area contributed by atoms with E-state index in [1.165, 1.54) is 12.1 Å². The van der Waals surface area contributed by atoms with Gasteiger partial charge in [-0.15, -0.1) is 0 Å². The number of primary amides is 1. The van der Waals surface area contributed by atoms with Gasteiger partial charge in [0.15, 0.2) is 6.29 Å². The molecule has 0 aliphatic rings. The van der Waals surface area contributed by atoms with E-state index in [2.05, 4.69) is 0 Å². The average molecular weight is 388 g/mol. The Labute approximate surface area is 157 Å². The second-order valence-corrected chi connectivity index (χ2v) is 5.63. The molecule has 0 unspecified atom stereocenters. The van der Waals surface area contributed by atoms with Crippen LogP contribution in [0, 0.1) is 0 Å². The van der Waals surface area contributed by atoms with Crippen molar-refractivity contribution in [3.63, 3.8) is 0 Å². The van der Waals surface area contributed by atoms with Crippen molar-refractivity contribution in [2.24, 2.45) is 5.73 Å². The minimum Gasteiger partial charge on any atom is -0.478 e. The van der Waals surface area contributed by atoms with Gasteiger partial charge in [0.2, 0.25) is 5.91 Å². The first-order chi connectivity index (χ1) is 13.1. The normalized spacial score (nSPS) is 10.5. The van der Waals surface area contributed by atoms with Crippen LogP contribution >= 0.6 is 0 Å². The predicted molar refractivity (Wildman–Crippen MR) is 94.9 cm³/mol. The fraction of sp³-hybridized carbons (Fsp3) is 0.111. The predicted octanol–water partition coefficient (Wildman–Crippen LogP) is -0.111. The summed E-state index contributed by atoms with van der Waals surface area (Å²) in [5.41, 5.74) is 2.71. The van der Waals surface area contributed by atoms with Crippen molar-refractivity contribution in [1.29, 1.82) is 0 Å². The first-order valence-corrected chi connectivity index (χ1v) is 7.82. The molecule has 0 saturated carbocycles. The second-order valence-electron chi connectivity index (χ2n) is 5.63. The number of hydrogen-bond donors (Lipinski definition) is 6. The maximum atomic E-state index is 12.6. The van der Waals surface area contributed by atoms with Crippen molar-refractivity contribution in [1.82, 2.24) is 5.32 Å². The third-order valence-electron chi connectivity index (χ3n) is 3.78. The van der Waals surface area contributed by atoms with Gasteiger partial charge in [-0.3, -0.25) is 9.59 Å². The number of nitrogens with two attached hydrogens (primary N) is 1. The number of rotatable bonds is 7. The van der Waals surface area contributed by atoms with E-state index >= 15 is 0 Å². The molecule has 0 saturated heterocycles. The SMILES string of the molecule is NC(=O)c1c(-c2ccccc2)cc(C(=O)O)c(C(=O)O)c1C(=O)NCC(O)O. The fourth-order valence-corrected chi connectivity index (χ4v) is 2.67. The van der Waals surface area contributed by atoms with E-state index in [4.69, 9.17) is 15.9 Å². The molecule has 0 aromatic heterocycles. The summed E-state index contributed by atoms with van der Waals surface area (Å²) >= 11 is 0. The molecule has 10 heteroatoms. The van der Waals surface area contributed by atoms with Gasteiger partial charge in [0.1, 0.15) is 0 Å². The van der Waals surface area contributed by atoms with E-state index in [-0.39, 0.29) is 5.56 Å². The smallest absolute Gasteiger partial charge is 0.337 e. The second kappa shape index (κ2) is 8.29. The molecule has 2 aromatic rings. The fourth-order valence-electron chi connectivity index (χ4n) is 2.67. The molecule has 10 nitrogen and oxygen atoms in total. The summed E-state index contributed by atoms with van der Waals surface area (Å²) in [6.07, 6.45) is -1.95. The Kier molecular flexibility index (Phi) is 6.08. The Morgan fingerprint density at radius 2 is 1.54 bits per heavy atom. The lowest BCUT2D eigenvalue weighted by molar-refractivity contribution is -0.0361. The summed E-state index contributed by atoms with van der Waals surface area (Å²) in [5.74, 6) is -5.76. The van der Waals surface area contributed by atoms with Gasteiger partial charge >= 0.3 is 11.9 Å². The molecule has 0 heterocycles. The highest BCUT2D eigenvalue weighted by Crippen LogP contribution is 2.31. The standard InChI is InChI=1S/C18H16N2O8/c19-15(23)12-9(8-4-2-1-3-5-8)6-10(17(25)26)13(18(27)28)14(12)16(24)20-7-11(21)22/h1-6,11,21-22H,7H2,(H2,19,23)(H,20,24)(H,25,26)(H,27,28). The zero-order valence-electron chi connectivity index (χ0n) is 14.2. The summed E-state index contributed by atoms with van der Waals surface area (Å²) in [5, 5.41) is 38.8. The summed E-state index contributed by atoms with van der Waals surface area (Å²) in [7, 11) is 0. The van der Waals surface area contributed by atoms with Crippen molar-refractivity contribution in [2.75, 3.05) is 6.54 Å². The van der Waals surface area contributed by atoms with Crippen molar-refractivity contribution < 1.29 is 39.6 Å². The third-order valence-corrected chi connectivity index (χ3v) is 3.78. The molecule has 0 aliphatic carbocycles. The molecular weight excluding hydrogens is 372 g/mol. The molecule has 0 bridgehead atoms. The van der Waals surface area contributed by atoms with E-state index in [1.807, 2.05) is 5.32 Å². The van der Waals surface area contributed by atoms with Gasteiger partial charge in [-0.2, -0.15) is 0 Å². The van der Waals surface area contributed by atoms with Crippen molar-refractivity contribution in [2.45, 2.75) is 6.29 Å². The number of hydrogen-bond acceptors (Lipinski definition) is 6. The van der Waals surface area contributed by atoms with Gasteiger partial charge in [-0.1, -0.05) is 30.3 Å². The van der Waals surface area contributed by atoms with E-state index in [0.29, 0.717) is 5.56 Å². The van der Waals surface area contributed by atoms with Crippen LogP contribution in [0.5, 0.6) is 0 Å². The highest BCUT2D eigenvalue weighted by atomic mass is 16.5. The first kappa shape index (κ1) is 20.6. The largest absolute Gasteiger partial charge is 0.478 e. The molecule has 2 aromatic carbocycles. The van der Waals surface area contributed by atoms with E-state index < -0.39 is 58.8 Å². The molecule has 2 amide bonds. The van der Waals surface area contributed by atoms with Crippen LogP contribution in [-0.4, -0.2) is 57.0 Å². The number of carboxylic acids is 2. The topological polar surface area (TPSA) is 187 Å². The van der Waals surface area contributed by atoms with E-state index in [9.17, 15) is 29.4 Å². The zero-order chi connectivity index (χ0) is 21.0. The number of aliphatic hydroxyl groups is 2. The maximum absolute atomic E-state index is 12.6. The highest BCUT2D eigenvalue weighted by Gasteiger charge is 2.32. The van der Waals surface area contributed by atoms with E-state index in [0.717, 1.165) is 6.07 Å². The minimum atomic E-state index is -1.95. The summed E-state index contributed by atoms with van der Waals surface area (Å²) in [6.45, 7) is -0.686. The molecule has 146 valence electrons. The molecule has 0 spiro atoms. The Bertz CT molecular complexity index is 954. The van der Waals surface area contributed by atoms with Gasteiger partial charge < -0.3 is 31.5 Å². The number of carboxylic acid groups (broad SMARTS) is 2. The van der Waals surface area contributed by atoms with Crippen LogP contribution in [0.3, 0.4) is 0 Å². The van der Waals surface area contributed by atoms with E-state index in [1.54, 1.807) is 18.2 Å². The Balaban J connectivity index is 2.93. The van der Waals surface area contributed by atoms with Crippen LogP contribution in [0.25, 0.3) is 11.1 Å². The molecule has 0 aliphatic heterocycles. The van der Waals surface area contributed by atoms with Gasteiger partial charge in [-0.25, -0.2) is 9.59 Å². The number of carbonyl (C=O) groups is 4. The first-order valence-electron chi connectivity index (χ1n) is 7.82. The Morgan fingerprint density at radius 3 is 2.00 bits per heavy atom. The average Bonchev–Trinajstić information content (AvgIpc) is 2.64. The molecule has 0 radical (unpaired) electrons. The number of amides is 2. The Hall–Kier alpha value is -3.76. The number of benzene rings is 2. The molecule has 2 rings (SSSR count). The molecular formula is C18H16N2O8. The summed E-state index contributed by atoms with van der Waals surface area (Å²) in [6, 6.07) is 8.84. The van der Waals surface area contributed by atoms with Crippen molar-refractivity contribution in [3.05, 3.63) is 58.7 Å². The van der Waals surface area contributed by atoms with Crippen LogP contribution in [0.1, 0.15) is 41.4 Å². The van der Waals surface area contributed by atoms with Crippen LogP contribution in [0.4, 0.5) is 0 Å². The van der Waals surface area contributed by atoms with Crippen molar-refractivity contribution in [3.8, 4) is 11.1 Å². The lowest BCUT2D eigenvalue weighted by atomic mass is 9.87. The lowest BCUT2D eigenvalue weighted by Crippen LogP contribution is -2.35. The minimum absolute atomic E-state index is 0.0507. The number of carbonyl (C=O) groups excluding carboxylic acids is 2. The zero-order valence-corrected chi connectivity index (χ0v) is 14.2. The molecule has 0 atom stereocenters. The molecule has 7 N–H and O–H groups in total. The van der Waals surface area contributed by atoms with Crippen molar-refractivity contribution >= 4 is 23.8 Å². The van der Waals surface area contributed by atoms with Crippen LogP contribution in [-0.2, 0) is 0 Å². The van der Waals surface area contributed by atoms with Gasteiger partial charge in [0.25, 0.3) is 5.91 Å². The Morgan fingerprint density at radius 1 is 0.929 bits per heavy atom. The summed E-state index contributed by atoms with van der Waals surface area (Å²) in [4.78, 5) is 48.0. The van der Waals surface area contributed by atoms with Crippen LogP contribution in [0.2, 0.25) is 0 Å². The quantitative estimate of drug-likeness (QED) is 0.354. The van der Waals surface area contributed by atoms with Gasteiger partial charge in [0.05, 0.1) is 28.8 Å². The van der Waals surface area contributed by atoms with Crippen LogP contribution in [0.15, 0.2) is 36.4 Å². The lowest BCUT2D eigenvalue weighted by Gasteiger charge is -2.18. The van der Waals surface area contributed by atoms with Gasteiger partial charge in [-0.05, 0) is 17.2 Å². The monoisotopic (exact) mass is 388 g/mol. The van der Waals surface area contributed by atoms with Gasteiger partial charge in [0, 0.05) is 0 Å². The number of aromatic carboxylic acids is 2. The number of aliphatic hydroxyl groups excluding tert-OH is 1. The number of nitrogens with one attached hydrogen (secondary N) is 1. The summed E-state index contributed by atoms with van der Waals surface area (Å²) < 4.78 is 0. The van der Waals surface area contributed by atoms with Crippen LogP contribution < -0.4 is 11.1 Å². The highest BCUT2D eigenvalue weighted by molar-refractivity contribution is 6.19. The molecule has 28 heavy (non-hydrogen) atoms.